The van der Waals surface area contributed by atoms with Crippen LogP contribution in [0.25, 0.3) is 0 Å². The molecule has 0 bridgehead atoms. The summed E-state index contributed by atoms with van der Waals surface area (Å²) < 4.78 is 0. The largest absolute Gasteiger partial charge is 0.330 e. The van der Waals surface area contributed by atoms with Crippen molar-refractivity contribution >= 4 is 0 Å². The topological polar surface area (TPSA) is 32.5 Å². The fraction of sp³-hybridized carbons (Fsp3) is 1.00. The number of unbranched alkanes of at least 4 members (excludes halogenated alkanes) is 5. The molecule has 3 nitrogen and oxygen atoms in total. The average Bonchev–Trinajstić information content (AvgIpc) is 2.68. The Kier molecular flexibility index (Phi) is 10.3. The van der Waals surface area contributed by atoms with E-state index in [-0.39, 0.29) is 0 Å². The molecule has 1 unspecified atom stereocenters. The van der Waals surface area contributed by atoms with Gasteiger partial charge in [-0.25, -0.2) is 0 Å². The number of nitrogens with two attached hydrogens (primary N) is 1. The third-order valence-electron chi connectivity index (χ3n) is 4.48. The van der Waals surface area contributed by atoms with Crippen molar-refractivity contribution in [3.63, 3.8) is 0 Å². The molecule has 0 aromatic heterocycles. The van der Waals surface area contributed by atoms with E-state index in [2.05, 4.69) is 23.6 Å². The van der Waals surface area contributed by atoms with Gasteiger partial charge in [-0.3, -0.25) is 0 Å². The van der Waals surface area contributed by atoms with Gasteiger partial charge in [-0.1, -0.05) is 46.0 Å². The minimum atomic E-state index is 0.639. The monoisotopic (exact) mass is 283 g/mol. The molecular weight excluding hydrogens is 246 g/mol. The van der Waals surface area contributed by atoms with Crippen molar-refractivity contribution in [2.24, 2.45) is 11.7 Å². The predicted molar refractivity (Wildman–Crippen MR) is 89.1 cm³/mol. The molecule has 0 aromatic carbocycles. The predicted octanol–water partition coefficient (Wildman–Crippen LogP) is 2.95. The first-order valence-electron chi connectivity index (χ1n) is 8.91. The molecule has 0 aromatic rings. The van der Waals surface area contributed by atoms with Gasteiger partial charge in [0.05, 0.1) is 0 Å². The summed E-state index contributed by atoms with van der Waals surface area (Å²) in [5.74, 6) is 0.639. The van der Waals surface area contributed by atoms with Crippen LogP contribution in [0.3, 0.4) is 0 Å². The highest BCUT2D eigenvalue weighted by Crippen LogP contribution is 2.09. The summed E-state index contributed by atoms with van der Waals surface area (Å²) in [6, 6.07) is 0. The van der Waals surface area contributed by atoms with Crippen LogP contribution in [0.15, 0.2) is 0 Å². The highest BCUT2D eigenvalue weighted by Gasteiger charge is 2.15. The fourth-order valence-corrected chi connectivity index (χ4v) is 3.06. The van der Waals surface area contributed by atoms with Crippen molar-refractivity contribution in [1.29, 1.82) is 0 Å². The van der Waals surface area contributed by atoms with Crippen LogP contribution in [0.2, 0.25) is 0 Å². The van der Waals surface area contributed by atoms with Crippen LogP contribution in [0.1, 0.15) is 58.8 Å². The van der Waals surface area contributed by atoms with Gasteiger partial charge in [0.2, 0.25) is 0 Å². The maximum Gasteiger partial charge on any atom is 0.0109 e. The summed E-state index contributed by atoms with van der Waals surface area (Å²) in [4.78, 5) is 5.28. The molecule has 0 radical (unpaired) electrons. The van der Waals surface area contributed by atoms with Crippen LogP contribution in [-0.2, 0) is 0 Å². The zero-order valence-electron chi connectivity index (χ0n) is 13.9. The minimum Gasteiger partial charge on any atom is -0.330 e. The van der Waals surface area contributed by atoms with Crippen molar-refractivity contribution < 1.29 is 0 Å². The summed E-state index contributed by atoms with van der Waals surface area (Å²) in [5, 5.41) is 0. The summed E-state index contributed by atoms with van der Waals surface area (Å²) in [5.41, 5.74) is 5.73. The summed E-state index contributed by atoms with van der Waals surface area (Å²) >= 11 is 0. The molecule has 0 aliphatic carbocycles. The second-order valence-corrected chi connectivity index (χ2v) is 6.60. The molecule has 0 amide bonds. The van der Waals surface area contributed by atoms with Gasteiger partial charge in [-0.15, -0.1) is 0 Å². The van der Waals surface area contributed by atoms with E-state index < -0.39 is 0 Å². The Bertz CT molecular complexity index is 220. The SMILES string of the molecule is CCCCCCCCN1CCCN(CC(C)CN)CC1. The zero-order valence-corrected chi connectivity index (χ0v) is 13.9. The maximum absolute atomic E-state index is 5.73. The first-order valence-corrected chi connectivity index (χ1v) is 8.91. The molecule has 1 saturated heterocycles. The van der Waals surface area contributed by atoms with Gasteiger partial charge in [0.1, 0.15) is 0 Å². The Labute approximate surface area is 126 Å². The smallest absolute Gasteiger partial charge is 0.0109 e. The van der Waals surface area contributed by atoms with Gasteiger partial charge >= 0.3 is 0 Å². The lowest BCUT2D eigenvalue weighted by Gasteiger charge is -2.24. The van der Waals surface area contributed by atoms with E-state index in [0.29, 0.717) is 5.92 Å². The molecule has 3 heteroatoms. The van der Waals surface area contributed by atoms with Gasteiger partial charge in [-0.2, -0.15) is 0 Å². The van der Waals surface area contributed by atoms with Crippen LogP contribution in [0, 0.1) is 5.92 Å². The van der Waals surface area contributed by atoms with Gasteiger partial charge < -0.3 is 15.5 Å². The number of hydrogen-bond donors (Lipinski definition) is 1. The number of rotatable bonds is 10. The molecule has 1 aliphatic heterocycles. The van der Waals surface area contributed by atoms with Gasteiger partial charge in [-0.05, 0) is 44.9 Å². The van der Waals surface area contributed by atoms with Gasteiger partial charge in [0, 0.05) is 19.6 Å². The Morgan fingerprint density at radius 3 is 2.30 bits per heavy atom. The van der Waals surface area contributed by atoms with Crippen molar-refractivity contribution in [2.45, 2.75) is 58.8 Å². The van der Waals surface area contributed by atoms with E-state index in [1.165, 1.54) is 84.2 Å². The molecule has 0 spiro atoms. The first kappa shape index (κ1) is 17.9. The van der Waals surface area contributed by atoms with Gasteiger partial charge in [0.15, 0.2) is 0 Å². The van der Waals surface area contributed by atoms with Crippen LogP contribution in [-0.4, -0.2) is 55.6 Å². The summed E-state index contributed by atoms with van der Waals surface area (Å²) in [6.07, 6.45) is 9.77. The molecule has 1 aliphatic rings. The average molecular weight is 284 g/mol. The quantitative estimate of drug-likeness (QED) is 0.626. The molecule has 120 valence electrons. The maximum atomic E-state index is 5.73. The third-order valence-corrected chi connectivity index (χ3v) is 4.48. The second-order valence-electron chi connectivity index (χ2n) is 6.60. The molecule has 1 heterocycles. The van der Waals surface area contributed by atoms with E-state index in [0.717, 1.165) is 6.54 Å². The number of hydrogen-bond acceptors (Lipinski definition) is 3. The molecule has 1 atom stereocenters. The van der Waals surface area contributed by atoms with Crippen molar-refractivity contribution in [2.75, 3.05) is 45.8 Å². The molecular formula is C17H37N3. The molecule has 1 fully saturated rings. The molecule has 20 heavy (non-hydrogen) atoms. The number of nitrogens with zero attached hydrogens (tertiary/aromatic N) is 2. The second kappa shape index (κ2) is 11.5. The Morgan fingerprint density at radius 2 is 1.55 bits per heavy atom. The minimum absolute atomic E-state index is 0.639. The van der Waals surface area contributed by atoms with E-state index in [4.69, 9.17) is 5.73 Å². The lowest BCUT2D eigenvalue weighted by atomic mass is 10.1. The normalized spacial score (nSPS) is 19.9. The highest BCUT2D eigenvalue weighted by molar-refractivity contribution is 4.71. The Hall–Kier alpha value is -0.120. The highest BCUT2D eigenvalue weighted by atomic mass is 15.2. The van der Waals surface area contributed by atoms with E-state index in [9.17, 15) is 0 Å². The van der Waals surface area contributed by atoms with E-state index >= 15 is 0 Å². The van der Waals surface area contributed by atoms with Crippen molar-refractivity contribution in [3.8, 4) is 0 Å². The lowest BCUT2D eigenvalue weighted by Crippen LogP contribution is -2.35. The van der Waals surface area contributed by atoms with Crippen LogP contribution >= 0.6 is 0 Å². The first-order chi connectivity index (χ1) is 9.76. The Balaban J connectivity index is 2.07. The van der Waals surface area contributed by atoms with Crippen molar-refractivity contribution in [3.05, 3.63) is 0 Å². The standard InChI is InChI=1S/C17H37N3/c1-3-4-5-6-7-8-10-19-11-9-12-20(14-13-19)16-17(2)15-18/h17H,3-16,18H2,1-2H3. The summed E-state index contributed by atoms with van der Waals surface area (Å²) in [7, 11) is 0. The molecule has 2 N–H and O–H groups in total. The van der Waals surface area contributed by atoms with Crippen LogP contribution in [0.4, 0.5) is 0 Å². The van der Waals surface area contributed by atoms with Crippen molar-refractivity contribution in [1.82, 2.24) is 9.80 Å². The van der Waals surface area contributed by atoms with E-state index in [1.54, 1.807) is 0 Å². The van der Waals surface area contributed by atoms with Crippen LogP contribution < -0.4 is 5.73 Å². The lowest BCUT2D eigenvalue weighted by molar-refractivity contribution is 0.233. The van der Waals surface area contributed by atoms with E-state index in [1.807, 2.05) is 0 Å². The van der Waals surface area contributed by atoms with Crippen LogP contribution in [0.5, 0.6) is 0 Å². The fourth-order valence-electron chi connectivity index (χ4n) is 3.06. The Morgan fingerprint density at radius 1 is 0.900 bits per heavy atom. The molecule has 0 saturated carbocycles. The summed E-state index contributed by atoms with van der Waals surface area (Å²) in [6.45, 7) is 12.9. The van der Waals surface area contributed by atoms with Gasteiger partial charge in [0.25, 0.3) is 0 Å². The molecule has 1 rings (SSSR count). The third kappa shape index (κ3) is 8.23. The zero-order chi connectivity index (χ0) is 14.6.